The van der Waals surface area contributed by atoms with Crippen molar-refractivity contribution in [2.24, 2.45) is 0 Å². The van der Waals surface area contributed by atoms with Crippen molar-refractivity contribution in [1.82, 2.24) is 0 Å². The first-order valence-corrected chi connectivity index (χ1v) is 4.54. The van der Waals surface area contributed by atoms with E-state index in [2.05, 4.69) is 0 Å². The van der Waals surface area contributed by atoms with Crippen molar-refractivity contribution in [2.45, 2.75) is 13.3 Å². The first-order chi connectivity index (χ1) is 6.74. The van der Waals surface area contributed by atoms with Gasteiger partial charge in [0.1, 0.15) is 5.58 Å². The van der Waals surface area contributed by atoms with E-state index < -0.39 is 0 Å². The molecule has 72 valence electrons. The summed E-state index contributed by atoms with van der Waals surface area (Å²) in [6.45, 7) is 1.89. The lowest BCUT2D eigenvalue weighted by atomic mass is 10.1. The van der Waals surface area contributed by atoms with Crippen molar-refractivity contribution in [3.05, 3.63) is 40.2 Å². The molecule has 0 radical (unpaired) electrons. The van der Waals surface area contributed by atoms with Gasteiger partial charge in [0.05, 0.1) is 11.3 Å². The molecule has 0 aliphatic heterocycles. The van der Waals surface area contributed by atoms with E-state index in [-0.39, 0.29) is 5.63 Å². The van der Waals surface area contributed by atoms with Crippen LogP contribution >= 0.6 is 0 Å². The summed E-state index contributed by atoms with van der Waals surface area (Å²) in [6, 6.07) is 7.29. The van der Waals surface area contributed by atoms with E-state index in [9.17, 15) is 4.79 Å². The fraction of sp³-hybridized carbons (Fsp3) is 0.182. The summed E-state index contributed by atoms with van der Waals surface area (Å²) in [5, 5.41) is 0.809. The number of hydrogen-bond donors (Lipinski definition) is 1. The van der Waals surface area contributed by atoms with Crippen molar-refractivity contribution in [2.75, 3.05) is 5.73 Å². The molecule has 1 aromatic carbocycles. The summed E-state index contributed by atoms with van der Waals surface area (Å²) in [5.74, 6) is 0. The zero-order valence-electron chi connectivity index (χ0n) is 7.91. The Bertz CT molecular complexity index is 528. The van der Waals surface area contributed by atoms with Crippen LogP contribution in [0.25, 0.3) is 11.0 Å². The number of nitrogens with two attached hydrogens (primary N) is 1. The summed E-state index contributed by atoms with van der Waals surface area (Å²) >= 11 is 0. The Labute approximate surface area is 81.1 Å². The first kappa shape index (κ1) is 8.81. The predicted octanol–water partition coefficient (Wildman–Crippen LogP) is 1.94. The zero-order valence-corrected chi connectivity index (χ0v) is 7.91. The number of rotatable bonds is 1. The molecule has 14 heavy (non-hydrogen) atoms. The van der Waals surface area contributed by atoms with Gasteiger partial charge < -0.3 is 10.2 Å². The molecule has 0 fully saturated rings. The summed E-state index contributed by atoms with van der Waals surface area (Å²) in [5.41, 5.74) is 7.19. The SMILES string of the molecule is CCc1c(N)c2ccccc2oc1=O. The minimum absolute atomic E-state index is 0.330. The van der Waals surface area contributed by atoms with Crippen LogP contribution in [-0.2, 0) is 6.42 Å². The average molecular weight is 189 g/mol. The molecule has 1 heterocycles. The highest BCUT2D eigenvalue weighted by molar-refractivity contribution is 5.89. The van der Waals surface area contributed by atoms with E-state index in [1.165, 1.54) is 0 Å². The van der Waals surface area contributed by atoms with E-state index >= 15 is 0 Å². The minimum atomic E-state index is -0.330. The molecule has 3 heteroatoms. The second-order valence-corrected chi connectivity index (χ2v) is 3.13. The van der Waals surface area contributed by atoms with Gasteiger partial charge in [-0.15, -0.1) is 0 Å². The van der Waals surface area contributed by atoms with Crippen molar-refractivity contribution in [3.8, 4) is 0 Å². The molecular weight excluding hydrogens is 178 g/mol. The molecular formula is C11H11NO2. The summed E-state index contributed by atoms with van der Waals surface area (Å²) in [6.07, 6.45) is 0.596. The Kier molecular flexibility index (Phi) is 2.00. The highest BCUT2D eigenvalue weighted by Gasteiger charge is 2.08. The summed E-state index contributed by atoms with van der Waals surface area (Å²) in [4.78, 5) is 11.4. The van der Waals surface area contributed by atoms with Gasteiger partial charge in [0.15, 0.2) is 0 Å². The molecule has 1 aromatic heterocycles. The van der Waals surface area contributed by atoms with Crippen LogP contribution in [0.4, 0.5) is 5.69 Å². The molecule has 0 unspecified atom stereocenters. The minimum Gasteiger partial charge on any atom is -0.422 e. The van der Waals surface area contributed by atoms with Gasteiger partial charge >= 0.3 is 5.63 Å². The van der Waals surface area contributed by atoms with Crippen LogP contribution in [0, 0.1) is 0 Å². The molecule has 0 spiro atoms. The summed E-state index contributed by atoms with van der Waals surface area (Å²) in [7, 11) is 0. The van der Waals surface area contributed by atoms with Crippen LogP contribution in [0.3, 0.4) is 0 Å². The number of para-hydroxylation sites is 1. The maximum absolute atomic E-state index is 11.4. The molecule has 0 bridgehead atoms. The monoisotopic (exact) mass is 189 g/mol. The molecule has 0 atom stereocenters. The van der Waals surface area contributed by atoms with Gasteiger partial charge in [0.2, 0.25) is 0 Å². The molecule has 2 aromatic rings. The molecule has 2 rings (SSSR count). The van der Waals surface area contributed by atoms with E-state index in [1.807, 2.05) is 25.1 Å². The third kappa shape index (κ3) is 1.18. The van der Waals surface area contributed by atoms with Crippen molar-refractivity contribution < 1.29 is 4.42 Å². The van der Waals surface area contributed by atoms with Crippen LogP contribution in [0.2, 0.25) is 0 Å². The van der Waals surface area contributed by atoms with Gasteiger partial charge in [-0.2, -0.15) is 0 Å². The lowest BCUT2D eigenvalue weighted by Crippen LogP contribution is -2.10. The topological polar surface area (TPSA) is 56.2 Å². The van der Waals surface area contributed by atoms with Gasteiger partial charge in [0.25, 0.3) is 0 Å². The van der Waals surface area contributed by atoms with Crippen LogP contribution in [-0.4, -0.2) is 0 Å². The zero-order chi connectivity index (χ0) is 10.1. The Morgan fingerprint density at radius 3 is 2.79 bits per heavy atom. The second-order valence-electron chi connectivity index (χ2n) is 3.13. The average Bonchev–Trinajstić information content (AvgIpc) is 2.18. The largest absolute Gasteiger partial charge is 0.422 e. The van der Waals surface area contributed by atoms with Crippen LogP contribution in [0.15, 0.2) is 33.5 Å². The fourth-order valence-electron chi connectivity index (χ4n) is 1.55. The van der Waals surface area contributed by atoms with E-state index in [4.69, 9.17) is 10.2 Å². The molecule has 3 nitrogen and oxygen atoms in total. The Hall–Kier alpha value is -1.77. The van der Waals surface area contributed by atoms with Gasteiger partial charge in [-0.3, -0.25) is 0 Å². The van der Waals surface area contributed by atoms with E-state index in [1.54, 1.807) is 6.07 Å². The Morgan fingerprint density at radius 2 is 2.07 bits per heavy atom. The van der Waals surface area contributed by atoms with E-state index in [0.29, 0.717) is 23.3 Å². The van der Waals surface area contributed by atoms with Crippen LogP contribution < -0.4 is 11.4 Å². The Balaban J connectivity index is 2.93. The highest BCUT2D eigenvalue weighted by atomic mass is 16.4. The molecule has 0 amide bonds. The van der Waals surface area contributed by atoms with Gasteiger partial charge in [-0.1, -0.05) is 19.1 Å². The number of nitrogen functional groups attached to an aromatic ring is 1. The van der Waals surface area contributed by atoms with Gasteiger partial charge in [-0.05, 0) is 18.6 Å². The van der Waals surface area contributed by atoms with Crippen LogP contribution in [0.1, 0.15) is 12.5 Å². The van der Waals surface area contributed by atoms with Crippen molar-refractivity contribution in [3.63, 3.8) is 0 Å². The lowest BCUT2D eigenvalue weighted by molar-refractivity contribution is 0.552. The first-order valence-electron chi connectivity index (χ1n) is 4.54. The van der Waals surface area contributed by atoms with Crippen LogP contribution in [0.5, 0.6) is 0 Å². The third-order valence-electron chi connectivity index (χ3n) is 2.30. The number of benzene rings is 1. The van der Waals surface area contributed by atoms with Crippen molar-refractivity contribution >= 4 is 16.7 Å². The van der Waals surface area contributed by atoms with Gasteiger partial charge in [-0.25, -0.2) is 4.79 Å². The molecule has 0 saturated heterocycles. The lowest BCUT2D eigenvalue weighted by Gasteiger charge is -2.04. The molecule has 2 N–H and O–H groups in total. The Morgan fingerprint density at radius 1 is 1.36 bits per heavy atom. The van der Waals surface area contributed by atoms with E-state index in [0.717, 1.165) is 5.39 Å². The number of fused-ring (bicyclic) bond motifs is 1. The molecule has 0 saturated carbocycles. The standard InChI is InChI=1S/C11H11NO2/c1-2-7-10(12)8-5-3-4-6-9(8)14-11(7)13/h3-6H,2,12H2,1H3. The summed E-state index contributed by atoms with van der Waals surface area (Å²) < 4.78 is 5.13. The normalized spacial score (nSPS) is 10.6. The number of anilines is 1. The predicted molar refractivity (Wildman–Crippen MR) is 56.3 cm³/mol. The fourth-order valence-corrected chi connectivity index (χ4v) is 1.55. The van der Waals surface area contributed by atoms with Crippen molar-refractivity contribution in [1.29, 1.82) is 0 Å². The third-order valence-corrected chi connectivity index (χ3v) is 2.30. The quantitative estimate of drug-likeness (QED) is 0.697. The second kappa shape index (κ2) is 3.18. The molecule has 0 aliphatic carbocycles. The highest BCUT2D eigenvalue weighted by Crippen LogP contribution is 2.21. The van der Waals surface area contributed by atoms with Gasteiger partial charge in [0, 0.05) is 5.39 Å². The smallest absolute Gasteiger partial charge is 0.341 e. The maximum atomic E-state index is 11.4. The number of hydrogen-bond acceptors (Lipinski definition) is 3. The maximum Gasteiger partial charge on any atom is 0.341 e. The molecule has 0 aliphatic rings.